The van der Waals surface area contributed by atoms with Crippen LogP contribution in [0.2, 0.25) is 0 Å². The zero-order valence-electron chi connectivity index (χ0n) is 11.2. The number of hydrogen-bond acceptors (Lipinski definition) is 5. The van der Waals surface area contributed by atoms with Crippen molar-refractivity contribution in [2.75, 3.05) is 24.7 Å². The van der Waals surface area contributed by atoms with Gasteiger partial charge in [-0.15, -0.1) is 0 Å². The molecule has 0 fully saturated rings. The largest absolute Gasteiger partial charge is 0.479 e. The molecule has 5 heteroatoms. The van der Waals surface area contributed by atoms with Crippen molar-refractivity contribution in [3.8, 4) is 5.88 Å². The monoisotopic (exact) mass is 238 g/mol. The molecule has 1 aromatic heterocycles. The molecule has 0 aliphatic rings. The van der Waals surface area contributed by atoms with Gasteiger partial charge in [-0.05, 0) is 11.3 Å². The van der Waals surface area contributed by atoms with Gasteiger partial charge in [0.05, 0.1) is 7.11 Å². The van der Waals surface area contributed by atoms with Crippen LogP contribution in [-0.4, -0.2) is 23.6 Å². The van der Waals surface area contributed by atoms with E-state index in [1.165, 1.54) is 6.33 Å². The van der Waals surface area contributed by atoms with Crippen molar-refractivity contribution in [3.63, 3.8) is 0 Å². The van der Waals surface area contributed by atoms with Crippen LogP contribution in [0.25, 0.3) is 0 Å². The Morgan fingerprint density at radius 3 is 2.59 bits per heavy atom. The summed E-state index contributed by atoms with van der Waals surface area (Å²) < 4.78 is 5.04. The van der Waals surface area contributed by atoms with E-state index >= 15 is 0 Å². The summed E-state index contributed by atoms with van der Waals surface area (Å²) in [6.45, 7) is 9.64. The molecule has 5 nitrogen and oxygen atoms in total. The zero-order valence-corrected chi connectivity index (χ0v) is 11.2. The van der Waals surface area contributed by atoms with E-state index in [9.17, 15) is 0 Å². The highest BCUT2D eigenvalue weighted by atomic mass is 16.5. The number of ether oxygens (including phenoxy) is 1. The van der Waals surface area contributed by atoms with Gasteiger partial charge in [-0.1, -0.05) is 27.7 Å². The van der Waals surface area contributed by atoms with Crippen LogP contribution in [0.4, 0.5) is 11.5 Å². The van der Waals surface area contributed by atoms with Crippen LogP contribution in [0.3, 0.4) is 0 Å². The summed E-state index contributed by atoms with van der Waals surface area (Å²) >= 11 is 0. The van der Waals surface area contributed by atoms with Crippen LogP contribution < -0.4 is 15.8 Å². The molecule has 1 heterocycles. The molecule has 1 aromatic rings. The van der Waals surface area contributed by atoms with Crippen molar-refractivity contribution >= 4 is 11.5 Å². The first-order valence-electron chi connectivity index (χ1n) is 5.74. The first kappa shape index (κ1) is 13.5. The number of aromatic nitrogens is 2. The SMILES string of the molecule is COc1ncnc(NCC(C)C(C)(C)C)c1N. The molecule has 1 rings (SSSR count). The maximum atomic E-state index is 5.88. The van der Waals surface area contributed by atoms with E-state index in [0.717, 1.165) is 6.54 Å². The molecule has 1 unspecified atom stereocenters. The van der Waals surface area contributed by atoms with Gasteiger partial charge in [0.15, 0.2) is 5.82 Å². The molecular formula is C12H22N4O. The molecule has 0 aliphatic carbocycles. The van der Waals surface area contributed by atoms with Crippen molar-refractivity contribution < 1.29 is 4.74 Å². The van der Waals surface area contributed by atoms with Crippen molar-refractivity contribution in [2.45, 2.75) is 27.7 Å². The van der Waals surface area contributed by atoms with E-state index in [4.69, 9.17) is 10.5 Å². The Morgan fingerprint density at radius 2 is 2.06 bits per heavy atom. The van der Waals surface area contributed by atoms with Gasteiger partial charge in [-0.25, -0.2) is 4.98 Å². The molecular weight excluding hydrogens is 216 g/mol. The highest BCUT2D eigenvalue weighted by molar-refractivity contribution is 5.66. The number of nitrogen functional groups attached to an aromatic ring is 1. The summed E-state index contributed by atoms with van der Waals surface area (Å²) in [6, 6.07) is 0. The molecule has 0 radical (unpaired) electrons. The minimum atomic E-state index is 0.249. The number of nitrogens with two attached hydrogens (primary N) is 1. The Hall–Kier alpha value is -1.52. The summed E-state index contributed by atoms with van der Waals surface area (Å²) in [7, 11) is 1.54. The van der Waals surface area contributed by atoms with Crippen molar-refractivity contribution in [1.82, 2.24) is 9.97 Å². The molecule has 1 atom stereocenters. The molecule has 0 aromatic carbocycles. The van der Waals surface area contributed by atoms with Crippen LogP contribution in [0.15, 0.2) is 6.33 Å². The number of rotatable bonds is 4. The second-order valence-corrected chi connectivity index (χ2v) is 5.29. The van der Waals surface area contributed by atoms with Gasteiger partial charge in [-0.3, -0.25) is 0 Å². The molecule has 0 amide bonds. The Bertz CT molecular complexity index is 373. The van der Waals surface area contributed by atoms with Crippen LogP contribution in [0.5, 0.6) is 5.88 Å². The van der Waals surface area contributed by atoms with Gasteiger partial charge in [0.1, 0.15) is 12.0 Å². The molecule has 0 aliphatic heterocycles. The first-order chi connectivity index (χ1) is 7.86. The van der Waals surface area contributed by atoms with Gasteiger partial charge < -0.3 is 15.8 Å². The molecule has 3 N–H and O–H groups in total. The molecule has 0 saturated heterocycles. The van der Waals surface area contributed by atoms with E-state index in [2.05, 4.69) is 43.0 Å². The third-order valence-electron chi connectivity index (χ3n) is 3.09. The zero-order chi connectivity index (χ0) is 13.1. The summed E-state index contributed by atoms with van der Waals surface area (Å²) in [5, 5.41) is 3.24. The van der Waals surface area contributed by atoms with Crippen LogP contribution >= 0.6 is 0 Å². The van der Waals surface area contributed by atoms with Gasteiger partial charge in [-0.2, -0.15) is 4.98 Å². The molecule has 0 saturated carbocycles. The second kappa shape index (κ2) is 5.21. The van der Waals surface area contributed by atoms with Crippen molar-refractivity contribution in [1.29, 1.82) is 0 Å². The number of hydrogen-bond donors (Lipinski definition) is 2. The maximum absolute atomic E-state index is 5.88. The van der Waals surface area contributed by atoms with Crippen LogP contribution in [0.1, 0.15) is 27.7 Å². The van der Waals surface area contributed by atoms with Crippen LogP contribution in [0, 0.1) is 11.3 Å². The standard InChI is InChI=1S/C12H22N4O/c1-8(12(2,3)4)6-14-10-9(13)11(17-5)16-7-15-10/h7-8H,6,13H2,1-5H3,(H,14,15,16). The predicted octanol–water partition coefficient (Wildman–Crippen LogP) is 2.16. The summed E-state index contributed by atoms with van der Waals surface area (Å²) in [5.41, 5.74) is 6.58. The third kappa shape index (κ3) is 3.47. The number of nitrogens with zero attached hydrogens (tertiary/aromatic N) is 2. The fraction of sp³-hybridized carbons (Fsp3) is 0.667. The van der Waals surface area contributed by atoms with E-state index in [1.807, 2.05) is 0 Å². The highest BCUT2D eigenvalue weighted by Gasteiger charge is 2.20. The molecule has 0 spiro atoms. The number of nitrogens with one attached hydrogen (secondary N) is 1. The fourth-order valence-electron chi connectivity index (χ4n) is 1.24. The Kier molecular flexibility index (Phi) is 4.15. The number of anilines is 2. The van der Waals surface area contributed by atoms with E-state index in [1.54, 1.807) is 7.11 Å². The predicted molar refractivity (Wildman–Crippen MR) is 70.1 cm³/mol. The summed E-state index contributed by atoms with van der Waals surface area (Å²) in [6.07, 6.45) is 1.44. The summed E-state index contributed by atoms with van der Waals surface area (Å²) in [4.78, 5) is 8.05. The highest BCUT2D eigenvalue weighted by Crippen LogP contribution is 2.28. The molecule has 17 heavy (non-hydrogen) atoms. The number of methoxy groups -OCH3 is 1. The lowest BCUT2D eigenvalue weighted by molar-refractivity contribution is 0.274. The van der Waals surface area contributed by atoms with E-state index < -0.39 is 0 Å². The average Bonchev–Trinajstić information content (AvgIpc) is 2.26. The lowest BCUT2D eigenvalue weighted by atomic mass is 9.82. The Balaban J connectivity index is 2.70. The molecule has 96 valence electrons. The van der Waals surface area contributed by atoms with Crippen LogP contribution in [-0.2, 0) is 0 Å². The lowest BCUT2D eigenvalue weighted by Gasteiger charge is -2.27. The Labute approximate surface area is 103 Å². The average molecular weight is 238 g/mol. The first-order valence-corrected chi connectivity index (χ1v) is 5.74. The molecule has 0 bridgehead atoms. The topological polar surface area (TPSA) is 73.1 Å². The van der Waals surface area contributed by atoms with Crippen molar-refractivity contribution in [3.05, 3.63) is 6.33 Å². The van der Waals surface area contributed by atoms with E-state index in [0.29, 0.717) is 23.3 Å². The van der Waals surface area contributed by atoms with Gasteiger partial charge in [0, 0.05) is 6.54 Å². The fourth-order valence-corrected chi connectivity index (χ4v) is 1.24. The minimum absolute atomic E-state index is 0.249. The quantitative estimate of drug-likeness (QED) is 0.841. The van der Waals surface area contributed by atoms with Gasteiger partial charge in [0.2, 0.25) is 5.88 Å². The second-order valence-electron chi connectivity index (χ2n) is 5.29. The normalized spacial score (nSPS) is 13.2. The van der Waals surface area contributed by atoms with E-state index in [-0.39, 0.29) is 5.41 Å². The maximum Gasteiger partial charge on any atom is 0.242 e. The van der Waals surface area contributed by atoms with Gasteiger partial charge in [0.25, 0.3) is 0 Å². The summed E-state index contributed by atoms with van der Waals surface area (Å²) in [5.74, 6) is 1.54. The minimum Gasteiger partial charge on any atom is -0.479 e. The smallest absolute Gasteiger partial charge is 0.242 e. The van der Waals surface area contributed by atoms with Crippen molar-refractivity contribution in [2.24, 2.45) is 11.3 Å². The third-order valence-corrected chi connectivity index (χ3v) is 3.09. The Morgan fingerprint density at radius 1 is 1.41 bits per heavy atom. The van der Waals surface area contributed by atoms with Gasteiger partial charge >= 0.3 is 0 Å². The lowest BCUT2D eigenvalue weighted by Crippen LogP contribution is -2.25.